The van der Waals surface area contributed by atoms with E-state index in [1.54, 1.807) is 6.92 Å². The van der Waals surface area contributed by atoms with Gasteiger partial charge in [0.05, 0.1) is 19.8 Å². The van der Waals surface area contributed by atoms with E-state index < -0.39 is 5.97 Å². The molecule has 5 heteroatoms. The van der Waals surface area contributed by atoms with Gasteiger partial charge in [0.1, 0.15) is 28.7 Å². The van der Waals surface area contributed by atoms with Crippen LogP contribution in [0.5, 0.6) is 11.5 Å². The monoisotopic (exact) mass is 259 g/mol. The van der Waals surface area contributed by atoms with Gasteiger partial charge in [-0.1, -0.05) is 0 Å². The van der Waals surface area contributed by atoms with Crippen molar-refractivity contribution in [2.24, 2.45) is 0 Å². The summed E-state index contributed by atoms with van der Waals surface area (Å²) in [6.45, 7) is 3.04. The number of hydrogen-bond acceptors (Lipinski definition) is 5. The molecule has 0 saturated heterocycles. The molecule has 1 aromatic rings. The van der Waals surface area contributed by atoms with Crippen LogP contribution in [0.2, 0.25) is 0 Å². The van der Waals surface area contributed by atoms with Gasteiger partial charge >= 0.3 is 5.97 Å². The van der Waals surface area contributed by atoms with Crippen molar-refractivity contribution in [3.8, 4) is 17.6 Å². The number of hydrogen-bond donors (Lipinski definition) is 0. The number of nitrogens with zero attached hydrogens (tertiary/aromatic N) is 1. The Bertz CT molecular complexity index is 565. The Balaban J connectivity index is 2.25. The molecule has 0 spiro atoms. The average molecular weight is 259 g/mol. The van der Waals surface area contributed by atoms with Gasteiger partial charge in [-0.15, -0.1) is 0 Å². The third kappa shape index (κ3) is 1.64. The van der Waals surface area contributed by atoms with E-state index in [0.29, 0.717) is 55.3 Å². The maximum Gasteiger partial charge on any atom is 0.342 e. The number of esters is 1. The normalized spacial score (nSPS) is 14.9. The molecule has 0 radical (unpaired) electrons. The second-order valence-corrected chi connectivity index (χ2v) is 4.39. The summed E-state index contributed by atoms with van der Waals surface area (Å²) in [4.78, 5) is 12.1. The molecule has 0 aliphatic carbocycles. The maximum atomic E-state index is 12.1. The number of fused-ring (bicyclic) bond motifs is 2. The van der Waals surface area contributed by atoms with E-state index in [1.165, 1.54) is 0 Å². The molecule has 0 unspecified atom stereocenters. The summed E-state index contributed by atoms with van der Waals surface area (Å²) in [7, 11) is 0. The minimum absolute atomic E-state index is 0.309. The second kappa shape index (κ2) is 4.47. The smallest absolute Gasteiger partial charge is 0.342 e. The SMILES string of the molecule is CCOC(=O)c1c2c(c(C#N)c3c1OCC3)OCC2. The Labute approximate surface area is 110 Å². The molecule has 0 fully saturated rings. The molecule has 0 aromatic heterocycles. The molecular formula is C14H13NO4. The van der Waals surface area contributed by atoms with Gasteiger partial charge in [0.25, 0.3) is 0 Å². The molecule has 2 aliphatic heterocycles. The van der Waals surface area contributed by atoms with Crippen molar-refractivity contribution in [3.05, 3.63) is 22.3 Å². The third-order valence-corrected chi connectivity index (χ3v) is 3.39. The molecule has 5 nitrogen and oxygen atoms in total. The minimum atomic E-state index is -0.396. The van der Waals surface area contributed by atoms with Crippen LogP contribution in [-0.4, -0.2) is 25.8 Å². The van der Waals surface area contributed by atoms with Crippen LogP contribution in [0, 0.1) is 11.3 Å². The fraction of sp³-hybridized carbons (Fsp3) is 0.429. The van der Waals surface area contributed by atoms with E-state index in [4.69, 9.17) is 14.2 Å². The summed E-state index contributed by atoms with van der Waals surface area (Å²) in [6, 6.07) is 2.17. The number of carbonyl (C=O) groups is 1. The fourth-order valence-electron chi connectivity index (χ4n) is 2.65. The molecule has 0 atom stereocenters. The van der Waals surface area contributed by atoms with E-state index in [2.05, 4.69) is 6.07 Å². The Morgan fingerprint density at radius 1 is 1.26 bits per heavy atom. The molecule has 0 bridgehead atoms. The van der Waals surface area contributed by atoms with Crippen molar-refractivity contribution in [3.63, 3.8) is 0 Å². The van der Waals surface area contributed by atoms with Crippen LogP contribution in [0.4, 0.5) is 0 Å². The summed E-state index contributed by atoms with van der Waals surface area (Å²) in [5, 5.41) is 9.30. The Morgan fingerprint density at radius 2 is 1.95 bits per heavy atom. The maximum absolute atomic E-state index is 12.1. The Morgan fingerprint density at radius 3 is 2.63 bits per heavy atom. The van der Waals surface area contributed by atoms with Crippen molar-refractivity contribution in [2.45, 2.75) is 19.8 Å². The highest BCUT2D eigenvalue weighted by atomic mass is 16.5. The van der Waals surface area contributed by atoms with E-state index in [1.807, 2.05) is 0 Å². The molecule has 0 amide bonds. The lowest BCUT2D eigenvalue weighted by Gasteiger charge is -2.13. The Kier molecular flexibility index (Phi) is 2.79. The molecule has 19 heavy (non-hydrogen) atoms. The van der Waals surface area contributed by atoms with E-state index in [0.717, 1.165) is 11.1 Å². The van der Waals surface area contributed by atoms with Gasteiger partial charge in [-0.3, -0.25) is 0 Å². The number of carbonyl (C=O) groups excluding carboxylic acids is 1. The predicted octanol–water partition coefficient (Wildman–Crippen LogP) is 1.60. The summed E-state index contributed by atoms with van der Waals surface area (Å²) < 4.78 is 16.2. The molecule has 2 aliphatic rings. The predicted molar refractivity (Wildman–Crippen MR) is 65.5 cm³/mol. The molecule has 98 valence electrons. The number of benzene rings is 1. The third-order valence-electron chi connectivity index (χ3n) is 3.39. The van der Waals surface area contributed by atoms with Crippen molar-refractivity contribution < 1.29 is 19.0 Å². The second-order valence-electron chi connectivity index (χ2n) is 4.39. The Hall–Kier alpha value is -2.22. The van der Waals surface area contributed by atoms with Crippen molar-refractivity contribution in [2.75, 3.05) is 19.8 Å². The van der Waals surface area contributed by atoms with Crippen LogP contribution in [0.3, 0.4) is 0 Å². The highest BCUT2D eigenvalue weighted by Gasteiger charge is 2.34. The largest absolute Gasteiger partial charge is 0.492 e. The number of ether oxygens (including phenoxy) is 3. The first-order valence-corrected chi connectivity index (χ1v) is 6.32. The molecular weight excluding hydrogens is 246 g/mol. The minimum Gasteiger partial charge on any atom is -0.492 e. The molecule has 0 N–H and O–H groups in total. The lowest BCUT2D eigenvalue weighted by atomic mass is 9.95. The van der Waals surface area contributed by atoms with Gasteiger partial charge in [-0.25, -0.2) is 4.79 Å². The summed E-state index contributed by atoms with van der Waals surface area (Å²) in [5.74, 6) is 0.654. The zero-order valence-electron chi connectivity index (χ0n) is 10.6. The quantitative estimate of drug-likeness (QED) is 0.755. The zero-order chi connectivity index (χ0) is 13.4. The zero-order valence-corrected chi connectivity index (χ0v) is 10.6. The van der Waals surface area contributed by atoms with Crippen molar-refractivity contribution in [1.29, 1.82) is 5.26 Å². The van der Waals surface area contributed by atoms with Crippen LogP contribution >= 0.6 is 0 Å². The van der Waals surface area contributed by atoms with Crippen molar-refractivity contribution >= 4 is 5.97 Å². The highest BCUT2D eigenvalue weighted by molar-refractivity contribution is 5.97. The van der Waals surface area contributed by atoms with Crippen LogP contribution in [-0.2, 0) is 17.6 Å². The fourth-order valence-corrected chi connectivity index (χ4v) is 2.65. The standard InChI is InChI=1S/C14H13NO4/c1-2-17-14(16)11-9-4-6-18-12(9)10(7-15)8-3-5-19-13(8)11/h2-6H2,1H3. The number of rotatable bonds is 2. The lowest BCUT2D eigenvalue weighted by Crippen LogP contribution is -2.10. The summed E-state index contributed by atoms with van der Waals surface area (Å²) in [5.41, 5.74) is 2.47. The van der Waals surface area contributed by atoms with Gasteiger partial charge < -0.3 is 14.2 Å². The first-order chi connectivity index (χ1) is 9.27. The average Bonchev–Trinajstić information content (AvgIpc) is 3.03. The number of nitriles is 1. The van der Waals surface area contributed by atoms with Crippen LogP contribution in [0.1, 0.15) is 34.0 Å². The van der Waals surface area contributed by atoms with Gasteiger partial charge in [0, 0.05) is 24.0 Å². The van der Waals surface area contributed by atoms with Gasteiger partial charge in [-0.2, -0.15) is 5.26 Å². The first-order valence-electron chi connectivity index (χ1n) is 6.32. The highest BCUT2D eigenvalue weighted by Crippen LogP contribution is 2.44. The first kappa shape index (κ1) is 11.8. The van der Waals surface area contributed by atoms with E-state index in [-0.39, 0.29) is 0 Å². The van der Waals surface area contributed by atoms with E-state index in [9.17, 15) is 10.1 Å². The van der Waals surface area contributed by atoms with Gasteiger partial charge in [0.15, 0.2) is 0 Å². The molecule has 1 aromatic carbocycles. The van der Waals surface area contributed by atoms with Crippen molar-refractivity contribution in [1.82, 2.24) is 0 Å². The van der Waals surface area contributed by atoms with Gasteiger partial charge in [-0.05, 0) is 6.92 Å². The topological polar surface area (TPSA) is 68.6 Å². The van der Waals surface area contributed by atoms with Gasteiger partial charge in [0.2, 0.25) is 0 Å². The lowest BCUT2D eigenvalue weighted by molar-refractivity contribution is 0.0521. The van der Waals surface area contributed by atoms with Crippen LogP contribution < -0.4 is 9.47 Å². The summed E-state index contributed by atoms with van der Waals surface area (Å²) in [6.07, 6.45) is 1.23. The summed E-state index contributed by atoms with van der Waals surface area (Å²) >= 11 is 0. The van der Waals surface area contributed by atoms with Crippen LogP contribution in [0.15, 0.2) is 0 Å². The van der Waals surface area contributed by atoms with E-state index >= 15 is 0 Å². The molecule has 2 heterocycles. The molecule has 0 saturated carbocycles. The molecule has 3 rings (SSSR count). The van der Waals surface area contributed by atoms with Crippen LogP contribution in [0.25, 0.3) is 0 Å².